The fraction of sp³-hybridized carbons (Fsp3) is 0.400. The Hall–Kier alpha value is -2.15. The largest absolute Gasteiger partial charge is 0.491 e. The number of nitrogens with zero attached hydrogens (tertiary/aromatic N) is 2. The van der Waals surface area contributed by atoms with Crippen LogP contribution in [0.25, 0.3) is 0 Å². The number of urea groups is 1. The summed E-state index contributed by atoms with van der Waals surface area (Å²) in [7, 11) is 0. The van der Waals surface area contributed by atoms with Crippen LogP contribution in [0.4, 0.5) is 15.6 Å². The molecule has 0 spiro atoms. The number of benzene rings is 1. The number of aryl methyl sites for hydroxylation is 1. The molecule has 0 radical (unpaired) electrons. The zero-order chi connectivity index (χ0) is 15.9. The molecule has 0 aliphatic heterocycles. The van der Waals surface area contributed by atoms with Crippen LogP contribution in [0, 0.1) is 5.92 Å². The van der Waals surface area contributed by atoms with E-state index < -0.39 is 0 Å². The average Bonchev–Trinajstić information content (AvgIpc) is 2.93. The highest BCUT2D eigenvalue weighted by Gasteiger charge is 2.10. The van der Waals surface area contributed by atoms with Crippen molar-refractivity contribution in [3.8, 4) is 5.75 Å². The van der Waals surface area contributed by atoms with Gasteiger partial charge in [-0.1, -0.05) is 32.9 Å². The number of carbonyl (C=O) groups is 1. The molecular weight excluding hydrogens is 300 g/mol. The summed E-state index contributed by atoms with van der Waals surface area (Å²) in [6, 6.07) is 6.99. The third-order valence-corrected chi connectivity index (χ3v) is 3.38. The van der Waals surface area contributed by atoms with Crippen molar-refractivity contribution in [2.75, 3.05) is 17.2 Å². The molecule has 2 N–H and O–H groups in total. The number of para-hydroxylation sites is 2. The number of hydrogen-bond acceptors (Lipinski definition) is 5. The lowest BCUT2D eigenvalue weighted by molar-refractivity contribution is 0.260. The maximum Gasteiger partial charge on any atom is 0.325 e. The molecule has 2 rings (SSSR count). The van der Waals surface area contributed by atoms with Crippen LogP contribution < -0.4 is 15.4 Å². The van der Waals surface area contributed by atoms with Gasteiger partial charge in [-0.15, -0.1) is 0 Å². The topological polar surface area (TPSA) is 76.1 Å². The molecule has 6 nitrogen and oxygen atoms in total. The lowest BCUT2D eigenvalue weighted by Gasteiger charge is -2.13. The minimum Gasteiger partial charge on any atom is -0.491 e. The Morgan fingerprint density at radius 1 is 1.32 bits per heavy atom. The van der Waals surface area contributed by atoms with Crippen molar-refractivity contribution in [2.45, 2.75) is 27.2 Å². The molecule has 7 heteroatoms. The van der Waals surface area contributed by atoms with E-state index in [4.69, 9.17) is 4.74 Å². The predicted molar refractivity (Wildman–Crippen MR) is 88.7 cm³/mol. The second-order valence-corrected chi connectivity index (χ2v) is 5.90. The Kier molecular flexibility index (Phi) is 5.71. The Labute approximate surface area is 134 Å². The van der Waals surface area contributed by atoms with Crippen molar-refractivity contribution < 1.29 is 9.53 Å². The van der Waals surface area contributed by atoms with Gasteiger partial charge in [0, 0.05) is 18.0 Å². The van der Waals surface area contributed by atoms with Gasteiger partial charge in [-0.05, 0) is 18.1 Å². The first kappa shape index (κ1) is 16.2. The predicted octanol–water partition coefficient (Wildman–Crippen LogP) is 3.78. The van der Waals surface area contributed by atoms with E-state index in [1.54, 1.807) is 6.07 Å². The average molecular weight is 320 g/mol. The lowest BCUT2D eigenvalue weighted by Crippen LogP contribution is -2.20. The Bertz CT molecular complexity index is 628. The van der Waals surface area contributed by atoms with Gasteiger partial charge >= 0.3 is 6.03 Å². The molecular formula is C15H20N4O2S. The number of ether oxygens (including phenoxy) is 1. The van der Waals surface area contributed by atoms with E-state index in [2.05, 4.69) is 33.8 Å². The Morgan fingerprint density at radius 2 is 2.09 bits per heavy atom. The minimum absolute atomic E-state index is 0.362. The molecule has 22 heavy (non-hydrogen) atoms. The summed E-state index contributed by atoms with van der Waals surface area (Å²) in [5, 5.41) is 5.93. The third kappa shape index (κ3) is 4.70. The van der Waals surface area contributed by atoms with Crippen molar-refractivity contribution in [1.82, 2.24) is 9.36 Å². The number of rotatable bonds is 6. The van der Waals surface area contributed by atoms with Gasteiger partial charge in [0.25, 0.3) is 0 Å². The third-order valence-electron chi connectivity index (χ3n) is 2.71. The highest BCUT2D eigenvalue weighted by atomic mass is 32.1. The zero-order valence-corrected chi connectivity index (χ0v) is 13.7. The summed E-state index contributed by atoms with van der Waals surface area (Å²) in [5.74, 6) is 1.79. The SMILES string of the molecule is CCc1nsc(NC(=O)Nc2ccccc2OCC(C)C)n1. The smallest absolute Gasteiger partial charge is 0.325 e. The monoisotopic (exact) mass is 320 g/mol. The number of nitrogens with one attached hydrogen (secondary N) is 2. The summed E-state index contributed by atoms with van der Waals surface area (Å²) in [6.07, 6.45) is 0.742. The summed E-state index contributed by atoms with van der Waals surface area (Å²) in [4.78, 5) is 16.2. The number of amides is 2. The fourth-order valence-corrected chi connectivity index (χ4v) is 2.30. The van der Waals surface area contributed by atoms with E-state index in [1.165, 1.54) is 11.5 Å². The molecule has 1 heterocycles. The molecule has 0 atom stereocenters. The molecule has 1 aromatic heterocycles. The first-order chi connectivity index (χ1) is 10.6. The molecule has 1 aromatic carbocycles. The highest BCUT2D eigenvalue weighted by molar-refractivity contribution is 7.09. The number of anilines is 2. The van der Waals surface area contributed by atoms with Gasteiger partial charge < -0.3 is 10.1 Å². The van der Waals surface area contributed by atoms with Crippen molar-refractivity contribution >= 4 is 28.4 Å². The van der Waals surface area contributed by atoms with Crippen LogP contribution in [-0.4, -0.2) is 22.0 Å². The van der Waals surface area contributed by atoms with E-state index in [9.17, 15) is 4.79 Å². The number of carbonyl (C=O) groups excluding carboxylic acids is 1. The second-order valence-electron chi connectivity index (χ2n) is 5.15. The summed E-state index contributed by atoms with van der Waals surface area (Å²) >= 11 is 1.17. The summed E-state index contributed by atoms with van der Waals surface area (Å²) in [5.41, 5.74) is 0.626. The molecule has 0 aliphatic rings. The highest BCUT2D eigenvalue weighted by Crippen LogP contribution is 2.24. The Morgan fingerprint density at radius 3 is 2.77 bits per heavy atom. The summed E-state index contributed by atoms with van der Waals surface area (Å²) < 4.78 is 9.83. The van der Waals surface area contributed by atoms with Crippen LogP contribution in [0.1, 0.15) is 26.6 Å². The molecule has 0 bridgehead atoms. The van der Waals surface area contributed by atoms with Crippen LogP contribution in [-0.2, 0) is 6.42 Å². The molecule has 2 aromatic rings. The molecule has 0 fully saturated rings. The molecule has 0 unspecified atom stereocenters. The lowest BCUT2D eigenvalue weighted by atomic mass is 10.2. The second kappa shape index (κ2) is 7.74. The van der Waals surface area contributed by atoms with Crippen molar-refractivity contribution in [3.05, 3.63) is 30.1 Å². The van der Waals surface area contributed by atoms with Crippen molar-refractivity contribution in [2.24, 2.45) is 5.92 Å². The van der Waals surface area contributed by atoms with E-state index in [0.717, 1.165) is 12.2 Å². The maximum atomic E-state index is 12.0. The van der Waals surface area contributed by atoms with Crippen molar-refractivity contribution in [3.63, 3.8) is 0 Å². The van der Waals surface area contributed by atoms with Gasteiger partial charge in [-0.25, -0.2) is 9.78 Å². The first-order valence-electron chi connectivity index (χ1n) is 7.21. The standard InChI is InChI=1S/C15H20N4O2S/c1-4-13-17-15(22-19-13)18-14(20)16-11-7-5-6-8-12(11)21-9-10(2)3/h5-8,10H,4,9H2,1-3H3,(H2,16,17,18,19,20). The minimum atomic E-state index is -0.362. The molecule has 2 amide bonds. The van der Waals surface area contributed by atoms with Crippen LogP contribution >= 0.6 is 11.5 Å². The number of aromatic nitrogens is 2. The molecule has 118 valence electrons. The molecule has 0 aliphatic carbocycles. The van der Waals surface area contributed by atoms with E-state index in [-0.39, 0.29) is 6.03 Å². The molecule has 0 saturated carbocycles. The van der Waals surface area contributed by atoms with Gasteiger partial charge in [0.15, 0.2) is 0 Å². The first-order valence-corrected chi connectivity index (χ1v) is 7.98. The summed E-state index contributed by atoms with van der Waals surface area (Å²) in [6.45, 7) is 6.71. The van der Waals surface area contributed by atoms with Gasteiger partial charge in [-0.2, -0.15) is 4.37 Å². The van der Waals surface area contributed by atoms with Gasteiger partial charge in [-0.3, -0.25) is 5.32 Å². The molecule has 0 saturated heterocycles. The fourth-order valence-electron chi connectivity index (χ4n) is 1.65. The van der Waals surface area contributed by atoms with E-state index in [1.807, 2.05) is 25.1 Å². The van der Waals surface area contributed by atoms with Gasteiger partial charge in [0.2, 0.25) is 5.13 Å². The zero-order valence-electron chi connectivity index (χ0n) is 12.9. The Balaban J connectivity index is 1.98. The van der Waals surface area contributed by atoms with Gasteiger partial charge in [0.1, 0.15) is 11.6 Å². The van der Waals surface area contributed by atoms with Crippen LogP contribution in [0.3, 0.4) is 0 Å². The quantitative estimate of drug-likeness (QED) is 0.849. The van der Waals surface area contributed by atoms with E-state index >= 15 is 0 Å². The van der Waals surface area contributed by atoms with E-state index in [0.29, 0.717) is 29.1 Å². The van der Waals surface area contributed by atoms with Crippen LogP contribution in [0.15, 0.2) is 24.3 Å². The van der Waals surface area contributed by atoms with Crippen LogP contribution in [0.5, 0.6) is 5.75 Å². The van der Waals surface area contributed by atoms with Crippen molar-refractivity contribution in [1.29, 1.82) is 0 Å². The van der Waals surface area contributed by atoms with Crippen LogP contribution in [0.2, 0.25) is 0 Å². The maximum absolute atomic E-state index is 12.0. The normalized spacial score (nSPS) is 10.5. The van der Waals surface area contributed by atoms with Gasteiger partial charge in [0.05, 0.1) is 12.3 Å². The number of hydrogen-bond donors (Lipinski definition) is 2.